The highest BCUT2D eigenvalue weighted by molar-refractivity contribution is 5.96. The minimum Gasteiger partial charge on any atom is -0.397 e. The molecule has 0 radical (unpaired) electrons. The summed E-state index contributed by atoms with van der Waals surface area (Å²) in [5.74, 6) is -0.109. The van der Waals surface area contributed by atoms with Gasteiger partial charge in [-0.3, -0.25) is 4.79 Å². The third kappa shape index (κ3) is 2.33. The van der Waals surface area contributed by atoms with E-state index in [9.17, 15) is 4.79 Å². The van der Waals surface area contributed by atoms with E-state index in [1.54, 1.807) is 12.1 Å². The van der Waals surface area contributed by atoms with Crippen LogP contribution in [0.1, 0.15) is 19.8 Å². The Kier molecular flexibility index (Phi) is 3.10. The molecule has 4 heteroatoms. The van der Waals surface area contributed by atoms with Crippen molar-refractivity contribution in [2.45, 2.75) is 32.0 Å². The van der Waals surface area contributed by atoms with Gasteiger partial charge in [-0.1, -0.05) is 12.1 Å². The Bertz CT molecular complexity index is 392. The van der Waals surface area contributed by atoms with Crippen molar-refractivity contribution in [3.05, 3.63) is 24.3 Å². The summed E-state index contributed by atoms with van der Waals surface area (Å²) in [5.41, 5.74) is 6.96. The van der Waals surface area contributed by atoms with Crippen molar-refractivity contribution in [1.82, 2.24) is 0 Å². The van der Waals surface area contributed by atoms with Crippen molar-refractivity contribution in [2.24, 2.45) is 0 Å². The fourth-order valence-corrected chi connectivity index (χ4v) is 1.82. The summed E-state index contributed by atoms with van der Waals surface area (Å²) in [7, 11) is 0. The van der Waals surface area contributed by atoms with E-state index in [1.807, 2.05) is 19.1 Å². The second-order valence-corrected chi connectivity index (χ2v) is 4.09. The van der Waals surface area contributed by atoms with Crippen molar-refractivity contribution < 1.29 is 9.53 Å². The fraction of sp³-hybridized carbons (Fsp3) is 0.417. The van der Waals surface area contributed by atoms with Crippen LogP contribution in [0.4, 0.5) is 11.4 Å². The molecule has 0 aromatic heterocycles. The molecule has 0 saturated carbocycles. The van der Waals surface area contributed by atoms with Gasteiger partial charge >= 0.3 is 0 Å². The molecular formula is C12H16N2O2. The van der Waals surface area contributed by atoms with E-state index in [4.69, 9.17) is 10.5 Å². The van der Waals surface area contributed by atoms with Gasteiger partial charge < -0.3 is 15.8 Å². The van der Waals surface area contributed by atoms with Gasteiger partial charge in [0.05, 0.1) is 17.5 Å². The molecule has 86 valence electrons. The first-order chi connectivity index (χ1) is 7.66. The number of benzene rings is 1. The smallest absolute Gasteiger partial charge is 0.253 e. The highest BCUT2D eigenvalue weighted by Crippen LogP contribution is 2.22. The van der Waals surface area contributed by atoms with Crippen LogP contribution < -0.4 is 11.1 Å². The van der Waals surface area contributed by atoms with Gasteiger partial charge in [-0.25, -0.2) is 0 Å². The Labute approximate surface area is 94.8 Å². The molecule has 1 aromatic carbocycles. The lowest BCUT2D eigenvalue weighted by atomic mass is 10.2. The van der Waals surface area contributed by atoms with E-state index in [0.29, 0.717) is 11.4 Å². The third-order valence-electron chi connectivity index (χ3n) is 2.74. The second-order valence-electron chi connectivity index (χ2n) is 4.09. The van der Waals surface area contributed by atoms with E-state index < -0.39 is 0 Å². The van der Waals surface area contributed by atoms with Crippen LogP contribution in [0.2, 0.25) is 0 Å². The first-order valence-corrected chi connectivity index (χ1v) is 5.47. The van der Waals surface area contributed by atoms with Crippen LogP contribution in [0.15, 0.2) is 24.3 Å². The van der Waals surface area contributed by atoms with Gasteiger partial charge in [0.2, 0.25) is 0 Å². The van der Waals surface area contributed by atoms with E-state index in [-0.39, 0.29) is 18.1 Å². The van der Waals surface area contributed by atoms with E-state index >= 15 is 0 Å². The van der Waals surface area contributed by atoms with Crippen molar-refractivity contribution >= 4 is 17.3 Å². The highest BCUT2D eigenvalue weighted by Gasteiger charge is 2.28. The minimum absolute atomic E-state index is 0.109. The molecule has 2 unspecified atom stereocenters. The molecule has 2 rings (SSSR count). The maximum Gasteiger partial charge on any atom is 0.253 e. The van der Waals surface area contributed by atoms with Gasteiger partial charge in [0.1, 0.15) is 6.10 Å². The molecule has 1 aliphatic heterocycles. The normalized spacial score (nSPS) is 24.3. The summed E-state index contributed by atoms with van der Waals surface area (Å²) in [6.45, 7) is 1.98. The molecular weight excluding hydrogens is 204 g/mol. The predicted molar refractivity (Wildman–Crippen MR) is 63.1 cm³/mol. The minimum atomic E-state index is -0.338. The number of anilines is 2. The maximum absolute atomic E-state index is 11.8. The molecule has 3 N–H and O–H groups in total. The van der Waals surface area contributed by atoms with Crippen LogP contribution in [0.3, 0.4) is 0 Å². The molecule has 0 aliphatic carbocycles. The number of rotatable bonds is 2. The maximum atomic E-state index is 11.8. The quantitative estimate of drug-likeness (QED) is 0.747. The summed E-state index contributed by atoms with van der Waals surface area (Å²) in [6, 6.07) is 7.21. The molecule has 1 heterocycles. The monoisotopic (exact) mass is 220 g/mol. The lowest BCUT2D eigenvalue weighted by Crippen LogP contribution is -2.28. The Balaban J connectivity index is 2.00. The number of nitrogens with one attached hydrogen (secondary N) is 1. The van der Waals surface area contributed by atoms with Crippen molar-refractivity contribution in [1.29, 1.82) is 0 Å². The van der Waals surface area contributed by atoms with Crippen LogP contribution in [-0.2, 0) is 9.53 Å². The lowest BCUT2D eigenvalue weighted by Gasteiger charge is -2.12. The van der Waals surface area contributed by atoms with E-state index in [1.165, 1.54) is 0 Å². The topological polar surface area (TPSA) is 64.4 Å². The van der Waals surface area contributed by atoms with Crippen LogP contribution in [-0.4, -0.2) is 18.1 Å². The number of carbonyl (C=O) groups excluding carboxylic acids is 1. The summed E-state index contributed by atoms with van der Waals surface area (Å²) in [5, 5.41) is 2.78. The standard InChI is InChI=1S/C12H16N2O2/c1-8-6-7-11(16-8)12(15)14-10-5-3-2-4-9(10)13/h2-5,8,11H,6-7,13H2,1H3,(H,14,15). The number of para-hydroxylation sites is 2. The molecule has 4 nitrogen and oxygen atoms in total. The molecule has 1 fully saturated rings. The van der Waals surface area contributed by atoms with Gasteiger partial charge in [0, 0.05) is 0 Å². The molecule has 0 bridgehead atoms. The van der Waals surface area contributed by atoms with Gasteiger partial charge in [0.25, 0.3) is 5.91 Å². The summed E-state index contributed by atoms with van der Waals surface area (Å²) in [6.07, 6.45) is 1.54. The van der Waals surface area contributed by atoms with Crippen LogP contribution in [0, 0.1) is 0 Å². The summed E-state index contributed by atoms with van der Waals surface area (Å²) < 4.78 is 5.48. The highest BCUT2D eigenvalue weighted by atomic mass is 16.5. The SMILES string of the molecule is CC1CCC(C(=O)Nc2ccccc2N)O1. The molecule has 1 aromatic rings. The first kappa shape index (κ1) is 11.0. The van der Waals surface area contributed by atoms with E-state index in [0.717, 1.165) is 12.8 Å². The van der Waals surface area contributed by atoms with Crippen LogP contribution in [0.25, 0.3) is 0 Å². The lowest BCUT2D eigenvalue weighted by molar-refractivity contribution is -0.126. The van der Waals surface area contributed by atoms with Gasteiger partial charge in [-0.15, -0.1) is 0 Å². The van der Waals surface area contributed by atoms with Crippen molar-refractivity contribution in [2.75, 3.05) is 11.1 Å². The Hall–Kier alpha value is -1.55. The Morgan fingerprint density at radius 2 is 2.19 bits per heavy atom. The summed E-state index contributed by atoms with van der Waals surface area (Å²) in [4.78, 5) is 11.8. The molecule has 1 saturated heterocycles. The van der Waals surface area contributed by atoms with Gasteiger partial charge in [0.15, 0.2) is 0 Å². The van der Waals surface area contributed by atoms with Crippen LogP contribution >= 0.6 is 0 Å². The second kappa shape index (κ2) is 4.53. The molecule has 16 heavy (non-hydrogen) atoms. The van der Waals surface area contributed by atoms with Gasteiger partial charge in [-0.05, 0) is 31.9 Å². The number of nitrogens with two attached hydrogens (primary N) is 1. The molecule has 1 amide bonds. The number of nitrogen functional groups attached to an aromatic ring is 1. The number of carbonyl (C=O) groups is 1. The largest absolute Gasteiger partial charge is 0.397 e. The van der Waals surface area contributed by atoms with Gasteiger partial charge in [-0.2, -0.15) is 0 Å². The Morgan fingerprint density at radius 3 is 2.81 bits per heavy atom. The fourth-order valence-electron chi connectivity index (χ4n) is 1.82. The summed E-state index contributed by atoms with van der Waals surface area (Å²) >= 11 is 0. The number of ether oxygens (including phenoxy) is 1. The van der Waals surface area contributed by atoms with Crippen LogP contribution in [0.5, 0.6) is 0 Å². The van der Waals surface area contributed by atoms with Crippen molar-refractivity contribution in [3.63, 3.8) is 0 Å². The average molecular weight is 220 g/mol. The third-order valence-corrected chi connectivity index (χ3v) is 2.74. The average Bonchev–Trinajstić information content (AvgIpc) is 2.68. The molecule has 1 aliphatic rings. The van der Waals surface area contributed by atoms with Crippen molar-refractivity contribution in [3.8, 4) is 0 Å². The van der Waals surface area contributed by atoms with E-state index in [2.05, 4.69) is 5.32 Å². The zero-order valence-corrected chi connectivity index (χ0v) is 9.27. The Morgan fingerprint density at radius 1 is 1.44 bits per heavy atom. The molecule has 2 atom stereocenters. The number of hydrogen-bond acceptors (Lipinski definition) is 3. The molecule has 0 spiro atoms. The number of hydrogen-bond donors (Lipinski definition) is 2. The first-order valence-electron chi connectivity index (χ1n) is 5.47. The predicted octanol–water partition coefficient (Wildman–Crippen LogP) is 1.77. The zero-order valence-electron chi connectivity index (χ0n) is 9.27. The number of amides is 1. The zero-order chi connectivity index (χ0) is 11.5.